The van der Waals surface area contributed by atoms with E-state index < -0.39 is 0 Å². The van der Waals surface area contributed by atoms with Gasteiger partial charge in [-0.05, 0) is 43.9 Å². The normalized spacial score (nSPS) is 17.0. The first kappa shape index (κ1) is 18.6. The van der Waals surface area contributed by atoms with E-state index in [9.17, 15) is 9.59 Å². The molecule has 2 amide bonds. The third kappa shape index (κ3) is 4.31. The van der Waals surface area contributed by atoms with E-state index in [0.717, 1.165) is 28.0 Å². The summed E-state index contributed by atoms with van der Waals surface area (Å²) in [4.78, 5) is 28.9. The smallest absolute Gasteiger partial charge is 0.229 e. The zero-order chi connectivity index (χ0) is 18.7. The second kappa shape index (κ2) is 8.01. The maximum atomic E-state index is 12.7. The van der Waals surface area contributed by atoms with Crippen LogP contribution in [-0.2, 0) is 16.1 Å². The number of benzene rings is 2. The van der Waals surface area contributed by atoms with Crippen molar-refractivity contribution in [3.05, 3.63) is 58.6 Å². The minimum Gasteiger partial charge on any atom is -0.325 e. The van der Waals surface area contributed by atoms with Crippen LogP contribution in [0.15, 0.2) is 53.0 Å². The monoisotopic (exact) mass is 415 g/mol. The van der Waals surface area contributed by atoms with Crippen molar-refractivity contribution in [2.45, 2.75) is 13.0 Å². The number of nitrogens with one attached hydrogen (secondary N) is 1. The molecule has 1 unspecified atom stereocenters. The van der Waals surface area contributed by atoms with Gasteiger partial charge in [0.1, 0.15) is 0 Å². The lowest BCUT2D eigenvalue weighted by molar-refractivity contribution is -0.122. The highest BCUT2D eigenvalue weighted by Crippen LogP contribution is 2.28. The van der Waals surface area contributed by atoms with Crippen LogP contribution in [0.5, 0.6) is 0 Å². The van der Waals surface area contributed by atoms with Gasteiger partial charge < -0.3 is 15.1 Å². The Morgan fingerprint density at radius 2 is 2.00 bits per heavy atom. The van der Waals surface area contributed by atoms with Crippen molar-refractivity contribution in [3.8, 4) is 0 Å². The van der Waals surface area contributed by atoms with E-state index in [0.29, 0.717) is 6.54 Å². The first-order valence-corrected chi connectivity index (χ1v) is 9.33. The lowest BCUT2D eigenvalue weighted by atomic mass is 10.1. The molecule has 0 aromatic heterocycles. The Bertz CT molecular complexity index is 822. The Balaban J connectivity index is 1.71. The molecule has 5 nitrogen and oxygen atoms in total. The third-order valence-corrected chi connectivity index (χ3v) is 4.87. The molecular weight excluding hydrogens is 394 g/mol. The van der Waals surface area contributed by atoms with Crippen LogP contribution >= 0.6 is 15.9 Å². The van der Waals surface area contributed by atoms with Crippen LogP contribution in [0.2, 0.25) is 0 Å². The van der Waals surface area contributed by atoms with E-state index in [2.05, 4.69) is 26.1 Å². The maximum Gasteiger partial charge on any atom is 0.229 e. The molecule has 1 aliphatic rings. The topological polar surface area (TPSA) is 52.7 Å². The molecule has 2 aromatic rings. The van der Waals surface area contributed by atoms with Gasteiger partial charge in [-0.3, -0.25) is 9.59 Å². The average molecular weight is 416 g/mol. The highest BCUT2D eigenvalue weighted by atomic mass is 79.9. The number of halogens is 1. The van der Waals surface area contributed by atoms with Gasteiger partial charge in [0.05, 0.1) is 5.92 Å². The van der Waals surface area contributed by atoms with Gasteiger partial charge >= 0.3 is 0 Å². The number of carbonyl (C=O) groups is 2. The molecule has 1 N–H and O–H groups in total. The standard InChI is InChI=1S/C20H22BrN3O2/c1-23(2)12-14-6-3-4-9-18(14)22-20(26)15-10-19(25)24(13-15)17-8-5-7-16(21)11-17/h3-9,11,15H,10,12-13H2,1-2H3,(H,22,26). The SMILES string of the molecule is CN(C)Cc1ccccc1NC(=O)C1CC(=O)N(c2cccc(Br)c2)C1. The van der Waals surface area contributed by atoms with Gasteiger partial charge in [-0.1, -0.05) is 40.2 Å². The van der Waals surface area contributed by atoms with Crippen molar-refractivity contribution in [3.63, 3.8) is 0 Å². The average Bonchev–Trinajstić information content (AvgIpc) is 2.98. The Morgan fingerprint density at radius 1 is 1.23 bits per heavy atom. The lowest BCUT2D eigenvalue weighted by Crippen LogP contribution is -2.28. The van der Waals surface area contributed by atoms with E-state index >= 15 is 0 Å². The van der Waals surface area contributed by atoms with Crippen molar-refractivity contribution in [1.29, 1.82) is 0 Å². The van der Waals surface area contributed by atoms with E-state index in [-0.39, 0.29) is 24.2 Å². The van der Waals surface area contributed by atoms with Crippen molar-refractivity contribution in [2.24, 2.45) is 5.92 Å². The fourth-order valence-corrected chi connectivity index (χ4v) is 3.52. The van der Waals surface area contributed by atoms with Gasteiger partial charge in [-0.25, -0.2) is 0 Å². The van der Waals surface area contributed by atoms with Gasteiger partial charge in [0.2, 0.25) is 11.8 Å². The van der Waals surface area contributed by atoms with Crippen molar-refractivity contribution in [1.82, 2.24) is 4.90 Å². The molecule has 0 spiro atoms. The first-order valence-electron chi connectivity index (χ1n) is 8.53. The number of hydrogen-bond acceptors (Lipinski definition) is 3. The Hall–Kier alpha value is -2.18. The summed E-state index contributed by atoms with van der Waals surface area (Å²) in [5, 5.41) is 3.01. The molecule has 6 heteroatoms. The number of rotatable bonds is 5. The minimum absolute atomic E-state index is 0.0233. The van der Waals surface area contributed by atoms with Gasteiger partial charge in [0.25, 0.3) is 0 Å². The molecule has 0 saturated carbocycles. The molecule has 136 valence electrons. The van der Waals surface area contributed by atoms with E-state index in [4.69, 9.17) is 0 Å². The van der Waals surface area contributed by atoms with Crippen molar-refractivity contribution in [2.75, 3.05) is 30.9 Å². The van der Waals surface area contributed by atoms with E-state index in [1.165, 1.54) is 0 Å². The third-order valence-electron chi connectivity index (χ3n) is 4.38. The van der Waals surface area contributed by atoms with Crippen LogP contribution in [0, 0.1) is 5.92 Å². The summed E-state index contributed by atoms with van der Waals surface area (Å²) < 4.78 is 0.910. The minimum atomic E-state index is -0.353. The first-order chi connectivity index (χ1) is 12.4. The Kier molecular flexibility index (Phi) is 5.74. The number of para-hydroxylation sites is 1. The Morgan fingerprint density at radius 3 is 2.73 bits per heavy atom. The van der Waals surface area contributed by atoms with Gasteiger partial charge in [-0.2, -0.15) is 0 Å². The van der Waals surface area contributed by atoms with Crippen LogP contribution in [-0.4, -0.2) is 37.4 Å². The van der Waals surface area contributed by atoms with Crippen LogP contribution in [0.3, 0.4) is 0 Å². The second-order valence-electron chi connectivity index (χ2n) is 6.77. The van der Waals surface area contributed by atoms with Crippen molar-refractivity contribution >= 4 is 39.1 Å². The summed E-state index contributed by atoms with van der Waals surface area (Å²) in [5.74, 6) is -0.485. The van der Waals surface area contributed by atoms with E-state index in [1.807, 2.05) is 62.6 Å². The molecule has 26 heavy (non-hydrogen) atoms. The summed E-state index contributed by atoms with van der Waals surface area (Å²) in [7, 11) is 3.98. The second-order valence-corrected chi connectivity index (χ2v) is 7.69. The number of hydrogen-bond donors (Lipinski definition) is 1. The number of anilines is 2. The molecule has 1 fully saturated rings. The summed E-state index contributed by atoms with van der Waals surface area (Å²) >= 11 is 3.42. The molecule has 2 aromatic carbocycles. The fourth-order valence-electron chi connectivity index (χ4n) is 3.13. The summed E-state index contributed by atoms with van der Waals surface area (Å²) in [5.41, 5.74) is 2.67. The van der Waals surface area contributed by atoms with Crippen LogP contribution in [0.1, 0.15) is 12.0 Å². The molecule has 1 saturated heterocycles. The summed E-state index contributed by atoms with van der Waals surface area (Å²) in [6, 6.07) is 15.3. The molecular formula is C20H22BrN3O2. The molecule has 0 aliphatic carbocycles. The van der Waals surface area contributed by atoms with Gasteiger partial charge in [0, 0.05) is 35.4 Å². The molecule has 3 rings (SSSR count). The van der Waals surface area contributed by atoms with Gasteiger partial charge in [-0.15, -0.1) is 0 Å². The highest BCUT2D eigenvalue weighted by molar-refractivity contribution is 9.10. The number of nitrogens with zero attached hydrogens (tertiary/aromatic N) is 2. The van der Waals surface area contributed by atoms with Crippen LogP contribution in [0.4, 0.5) is 11.4 Å². The predicted molar refractivity (Wildman–Crippen MR) is 107 cm³/mol. The van der Waals surface area contributed by atoms with Gasteiger partial charge in [0.15, 0.2) is 0 Å². The Labute approximate surface area is 162 Å². The zero-order valence-corrected chi connectivity index (χ0v) is 16.5. The molecule has 0 radical (unpaired) electrons. The lowest BCUT2D eigenvalue weighted by Gasteiger charge is -2.18. The van der Waals surface area contributed by atoms with Crippen LogP contribution in [0.25, 0.3) is 0 Å². The van der Waals surface area contributed by atoms with E-state index in [1.54, 1.807) is 4.90 Å². The molecule has 0 bridgehead atoms. The highest BCUT2D eigenvalue weighted by Gasteiger charge is 2.35. The zero-order valence-electron chi connectivity index (χ0n) is 14.9. The molecule has 1 atom stereocenters. The summed E-state index contributed by atoms with van der Waals surface area (Å²) in [6.07, 6.45) is 0.230. The van der Waals surface area contributed by atoms with Crippen LogP contribution < -0.4 is 10.2 Å². The quantitative estimate of drug-likeness (QED) is 0.812. The molecule has 1 aliphatic heterocycles. The number of amides is 2. The predicted octanol–water partition coefficient (Wildman–Crippen LogP) is 3.50. The number of carbonyl (C=O) groups excluding carboxylic acids is 2. The maximum absolute atomic E-state index is 12.7. The van der Waals surface area contributed by atoms with Crippen molar-refractivity contribution < 1.29 is 9.59 Å². The molecule has 1 heterocycles. The summed E-state index contributed by atoms with van der Waals surface area (Å²) in [6.45, 7) is 1.14. The largest absolute Gasteiger partial charge is 0.325 e. The fraction of sp³-hybridized carbons (Fsp3) is 0.300.